The van der Waals surface area contributed by atoms with E-state index in [9.17, 15) is 0 Å². The molecule has 5 heteroatoms. The minimum atomic E-state index is 0.583. The molecule has 0 aromatic carbocycles. The number of nitrogen functional groups attached to an aromatic ring is 1. The number of fused-ring (bicyclic) bond motifs is 1. The summed E-state index contributed by atoms with van der Waals surface area (Å²) in [7, 11) is 0. The van der Waals surface area contributed by atoms with Gasteiger partial charge in [-0.15, -0.1) is 0 Å². The van der Waals surface area contributed by atoms with Crippen molar-refractivity contribution in [3.63, 3.8) is 0 Å². The quantitative estimate of drug-likeness (QED) is 0.847. The average Bonchev–Trinajstić information content (AvgIpc) is 2.76. The number of ether oxygens (including phenoxy) is 1. The molecule has 1 atom stereocenters. The van der Waals surface area contributed by atoms with E-state index in [4.69, 9.17) is 10.5 Å². The van der Waals surface area contributed by atoms with Crippen molar-refractivity contribution in [2.75, 3.05) is 18.9 Å². The van der Waals surface area contributed by atoms with Crippen LogP contribution in [0.1, 0.15) is 18.4 Å². The summed E-state index contributed by atoms with van der Waals surface area (Å²) >= 11 is 0. The van der Waals surface area contributed by atoms with Crippen LogP contribution in [0.3, 0.4) is 0 Å². The van der Waals surface area contributed by atoms with Gasteiger partial charge in [-0.05, 0) is 31.2 Å². The Kier molecular flexibility index (Phi) is 2.68. The minimum absolute atomic E-state index is 0.583. The summed E-state index contributed by atoms with van der Waals surface area (Å²) in [6, 6.07) is 1.76. The lowest BCUT2D eigenvalue weighted by Crippen LogP contribution is -2.19. The Morgan fingerprint density at radius 1 is 1.53 bits per heavy atom. The third kappa shape index (κ3) is 1.98. The third-order valence-corrected chi connectivity index (χ3v) is 3.27. The normalized spacial score (nSPS) is 20.8. The van der Waals surface area contributed by atoms with Crippen molar-refractivity contribution in [2.45, 2.75) is 19.3 Å². The lowest BCUT2D eigenvalue weighted by Gasteiger charge is -2.21. The van der Waals surface area contributed by atoms with Gasteiger partial charge in [-0.1, -0.05) is 0 Å². The van der Waals surface area contributed by atoms with Crippen LogP contribution in [0.25, 0.3) is 5.65 Å². The summed E-state index contributed by atoms with van der Waals surface area (Å²) in [5.41, 5.74) is 7.87. The number of anilines is 1. The molecule has 3 heterocycles. The van der Waals surface area contributed by atoms with Crippen LogP contribution in [-0.2, 0) is 11.2 Å². The van der Waals surface area contributed by atoms with Gasteiger partial charge in [0.2, 0.25) is 0 Å². The summed E-state index contributed by atoms with van der Waals surface area (Å²) in [4.78, 5) is 4.35. The van der Waals surface area contributed by atoms with E-state index >= 15 is 0 Å². The zero-order valence-corrected chi connectivity index (χ0v) is 9.67. The Hall–Kier alpha value is -1.62. The van der Waals surface area contributed by atoms with Crippen LogP contribution in [0.5, 0.6) is 0 Å². The van der Waals surface area contributed by atoms with Crippen LogP contribution in [0, 0.1) is 5.92 Å². The molecule has 3 rings (SSSR count). The van der Waals surface area contributed by atoms with Crippen LogP contribution in [0.4, 0.5) is 5.82 Å². The minimum Gasteiger partial charge on any atom is -0.384 e. The Morgan fingerprint density at radius 3 is 3.29 bits per heavy atom. The summed E-state index contributed by atoms with van der Waals surface area (Å²) in [5.74, 6) is 1.21. The van der Waals surface area contributed by atoms with Crippen molar-refractivity contribution < 1.29 is 4.74 Å². The van der Waals surface area contributed by atoms with E-state index in [1.54, 1.807) is 16.8 Å². The maximum atomic E-state index is 5.84. The Morgan fingerprint density at radius 2 is 2.47 bits per heavy atom. The van der Waals surface area contributed by atoms with Crippen molar-refractivity contribution in [1.29, 1.82) is 0 Å². The molecule has 0 radical (unpaired) electrons. The highest BCUT2D eigenvalue weighted by atomic mass is 16.5. The standard InChI is InChI=1S/C12H16N4O/c13-11-3-4-14-12-10(7-15-16(11)12)6-9-2-1-5-17-8-9/h3-4,7,9H,1-2,5-6,8,13H2. The molecule has 1 fully saturated rings. The molecule has 90 valence electrons. The van der Waals surface area contributed by atoms with E-state index < -0.39 is 0 Å². The first kappa shape index (κ1) is 10.5. The number of aromatic nitrogens is 3. The van der Waals surface area contributed by atoms with Crippen molar-refractivity contribution >= 4 is 11.5 Å². The second-order valence-corrected chi connectivity index (χ2v) is 4.56. The van der Waals surface area contributed by atoms with Crippen LogP contribution < -0.4 is 5.73 Å². The maximum absolute atomic E-state index is 5.84. The molecule has 5 nitrogen and oxygen atoms in total. The topological polar surface area (TPSA) is 65.4 Å². The fourth-order valence-corrected chi connectivity index (χ4v) is 2.38. The van der Waals surface area contributed by atoms with Gasteiger partial charge in [-0.25, -0.2) is 4.98 Å². The van der Waals surface area contributed by atoms with E-state index in [0.717, 1.165) is 37.3 Å². The molecule has 2 aromatic rings. The van der Waals surface area contributed by atoms with Crippen LogP contribution in [0.15, 0.2) is 18.5 Å². The van der Waals surface area contributed by atoms with E-state index in [1.807, 2.05) is 6.20 Å². The first-order valence-electron chi connectivity index (χ1n) is 5.99. The number of rotatable bonds is 2. The molecule has 0 saturated carbocycles. The summed E-state index contributed by atoms with van der Waals surface area (Å²) < 4.78 is 7.19. The fraction of sp³-hybridized carbons (Fsp3) is 0.500. The van der Waals surface area contributed by atoms with Gasteiger partial charge in [0, 0.05) is 25.0 Å². The Balaban J connectivity index is 1.87. The van der Waals surface area contributed by atoms with Crippen molar-refractivity contribution in [1.82, 2.24) is 14.6 Å². The average molecular weight is 232 g/mol. The predicted molar refractivity (Wildman–Crippen MR) is 64.6 cm³/mol. The summed E-state index contributed by atoms with van der Waals surface area (Å²) in [5, 5.41) is 4.27. The molecule has 0 spiro atoms. The molecule has 1 aliphatic rings. The second-order valence-electron chi connectivity index (χ2n) is 4.56. The van der Waals surface area contributed by atoms with Crippen LogP contribution in [-0.4, -0.2) is 27.8 Å². The number of hydrogen-bond donors (Lipinski definition) is 1. The van der Waals surface area contributed by atoms with Crippen LogP contribution in [0.2, 0.25) is 0 Å². The first-order valence-corrected chi connectivity index (χ1v) is 5.99. The highest BCUT2D eigenvalue weighted by Gasteiger charge is 2.17. The van der Waals surface area contributed by atoms with Gasteiger partial charge >= 0.3 is 0 Å². The van der Waals surface area contributed by atoms with E-state index in [1.165, 1.54) is 6.42 Å². The molecule has 17 heavy (non-hydrogen) atoms. The fourth-order valence-electron chi connectivity index (χ4n) is 2.38. The maximum Gasteiger partial charge on any atom is 0.160 e. The van der Waals surface area contributed by atoms with Crippen molar-refractivity contribution in [3.8, 4) is 0 Å². The van der Waals surface area contributed by atoms with E-state index in [2.05, 4.69) is 10.1 Å². The van der Waals surface area contributed by atoms with E-state index in [0.29, 0.717) is 11.7 Å². The van der Waals surface area contributed by atoms with Gasteiger partial charge in [0.15, 0.2) is 5.65 Å². The summed E-state index contributed by atoms with van der Waals surface area (Å²) in [6.07, 6.45) is 6.94. The Labute approximate surface area is 99.6 Å². The Bertz CT molecular complexity index is 516. The number of nitrogens with zero attached hydrogens (tertiary/aromatic N) is 3. The largest absolute Gasteiger partial charge is 0.384 e. The first-order chi connectivity index (χ1) is 8.34. The molecule has 2 N–H and O–H groups in total. The molecule has 2 aromatic heterocycles. The van der Waals surface area contributed by atoms with Crippen molar-refractivity contribution in [3.05, 3.63) is 24.0 Å². The van der Waals surface area contributed by atoms with Gasteiger partial charge < -0.3 is 10.5 Å². The summed E-state index contributed by atoms with van der Waals surface area (Å²) in [6.45, 7) is 1.75. The van der Waals surface area contributed by atoms with Crippen molar-refractivity contribution in [2.24, 2.45) is 5.92 Å². The zero-order valence-electron chi connectivity index (χ0n) is 9.67. The molecule has 0 amide bonds. The SMILES string of the molecule is Nc1ccnc2c(CC3CCCOC3)cnn12. The molecule has 1 aliphatic heterocycles. The molecular weight excluding hydrogens is 216 g/mol. The zero-order chi connectivity index (χ0) is 11.7. The highest BCUT2D eigenvalue weighted by Crippen LogP contribution is 2.21. The third-order valence-electron chi connectivity index (χ3n) is 3.27. The van der Waals surface area contributed by atoms with Gasteiger partial charge in [0.1, 0.15) is 5.82 Å². The predicted octanol–water partition coefficient (Wildman–Crippen LogP) is 1.28. The van der Waals surface area contributed by atoms with E-state index in [-0.39, 0.29) is 0 Å². The second kappa shape index (κ2) is 4.33. The van der Waals surface area contributed by atoms with Gasteiger partial charge in [0.25, 0.3) is 0 Å². The lowest BCUT2D eigenvalue weighted by atomic mass is 9.95. The number of nitrogens with two attached hydrogens (primary N) is 1. The number of hydrogen-bond acceptors (Lipinski definition) is 4. The molecule has 0 aliphatic carbocycles. The lowest BCUT2D eigenvalue weighted by molar-refractivity contribution is 0.0551. The highest BCUT2D eigenvalue weighted by molar-refractivity contribution is 5.51. The molecular formula is C12H16N4O. The molecule has 0 bridgehead atoms. The monoisotopic (exact) mass is 232 g/mol. The van der Waals surface area contributed by atoms with Gasteiger partial charge in [0.05, 0.1) is 6.20 Å². The van der Waals surface area contributed by atoms with Gasteiger partial charge in [-0.2, -0.15) is 9.61 Å². The smallest absolute Gasteiger partial charge is 0.160 e. The van der Waals surface area contributed by atoms with Crippen LogP contribution >= 0.6 is 0 Å². The molecule has 1 saturated heterocycles. The molecule has 1 unspecified atom stereocenters. The van der Waals surface area contributed by atoms with Gasteiger partial charge in [-0.3, -0.25) is 0 Å².